The maximum absolute atomic E-state index is 3.67. The van der Waals surface area contributed by atoms with Crippen LogP contribution in [0.2, 0.25) is 0 Å². The normalized spacial score (nSPS) is 12.7. The summed E-state index contributed by atoms with van der Waals surface area (Å²) in [5.41, 5.74) is 5.20. The third kappa shape index (κ3) is 3.17. The lowest BCUT2D eigenvalue weighted by Gasteiger charge is -2.18. The standard InChI is InChI=1S/C19H22N2/c1-3-18(16-7-4-14(2)5-8-16)21-13-15-6-9-19-17(12-15)10-11-20-19/h4-12,18,20-21H,3,13H2,1-2H3. The van der Waals surface area contributed by atoms with Gasteiger partial charge in [0.2, 0.25) is 0 Å². The summed E-state index contributed by atoms with van der Waals surface area (Å²) in [7, 11) is 0. The summed E-state index contributed by atoms with van der Waals surface area (Å²) >= 11 is 0. The van der Waals surface area contributed by atoms with Gasteiger partial charge in [-0.25, -0.2) is 0 Å². The molecule has 0 saturated heterocycles. The first-order valence-electron chi connectivity index (χ1n) is 7.62. The monoisotopic (exact) mass is 278 g/mol. The summed E-state index contributed by atoms with van der Waals surface area (Å²) in [6, 6.07) is 17.9. The molecule has 0 bridgehead atoms. The van der Waals surface area contributed by atoms with E-state index < -0.39 is 0 Å². The first kappa shape index (κ1) is 13.9. The van der Waals surface area contributed by atoms with Crippen molar-refractivity contribution in [3.05, 3.63) is 71.4 Å². The van der Waals surface area contributed by atoms with Crippen molar-refractivity contribution >= 4 is 10.9 Å². The lowest BCUT2D eigenvalue weighted by Crippen LogP contribution is -2.20. The second-order valence-corrected chi connectivity index (χ2v) is 5.65. The third-order valence-electron chi connectivity index (χ3n) is 4.06. The van der Waals surface area contributed by atoms with Gasteiger partial charge in [0.15, 0.2) is 0 Å². The summed E-state index contributed by atoms with van der Waals surface area (Å²) in [6.45, 7) is 5.25. The van der Waals surface area contributed by atoms with E-state index in [-0.39, 0.29) is 0 Å². The maximum Gasteiger partial charge on any atom is 0.0454 e. The van der Waals surface area contributed by atoms with E-state index in [0.717, 1.165) is 13.0 Å². The summed E-state index contributed by atoms with van der Waals surface area (Å²) in [5, 5.41) is 4.94. The van der Waals surface area contributed by atoms with Crippen LogP contribution in [0.15, 0.2) is 54.7 Å². The Morgan fingerprint density at radius 2 is 1.86 bits per heavy atom. The molecule has 2 N–H and O–H groups in total. The van der Waals surface area contributed by atoms with E-state index in [9.17, 15) is 0 Å². The Balaban J connectivity index is 1.70. The molecule has 1 unspecified atom stereocenters. The minimum Gasteiger partial charge on any atom is -0.361 e. The van der Waals surface area contributed by atoms with Gasteiger partial charge in [-0.15, -0.1) is 0 Å². The molecule has 1 aromatic heterocycles. The van der Waals surface area contributed by atoms with Gasteiger partial charge in [-0.2, -0.15) is 0 Å². The number of aromatic amines is 1. The minimum atomic E-state index is 0.410. The molecule has 3 aromatic rings. The second-order valence-electron chi connectivity index (χ2n) is 5.65. The van der Waals surface area contributed by atoms with Crippen LogP contribution in [0.4, 0.5) is 0 Å². The fraction of sp³-hybridized carbons (Fsp3) is 0.263. The van der Waals surface area contributed by atoms with Gasteiger partial charge in [-0.3, -0.25) is 0 Å². The molecule has 0 saturated carbocycles. The number of fused-ring (bicyclic) bond motifs is 1. The Morgan fingerprint density at radius 1 is 1.05 bits per heavy atom. The van der Waals surface area contributed by atoms with Gasteiger partial charge in [0.25, 0.3) is 0 Å². The molecule has 1 atom stereocenters. The number of nitrogens with one attached hydrogen (secondary N) is 2. The highest BCUT2D eigenvalue weighted by atomic mass is 14.9. The quantitative estimate of drug-likeness (QED) is 0.694. The molecule has 0 aliphatic rings. The maximum atomic E-state index is 3.67. The van der Waals surface area contributed by atoms with Gasteiger partial charge < -0.3 is 10.3 Å². The van der Waals surface area contributed by atoms with Crippen LogP contribution in [0.5, 0.6) is 0 Å². The fourth-order valence-corrected chi connectivity index (χ4v) is 2.75. The predicted octanol–water partition coefficient (Wildman–Crippen LogP) is 4.72. The van der Waals surface area contributed by atoms with Crippen molar-refractivity contribution in [3.63, 3.8) is 0 Å². The van der Waals surface area contributed by atoms with Crippen LogP contribution in [0.25, 0.3) is 10.9 Å². The smallest absolute Gasteiger partial charge is 0.0454 e. The number of H-pyrrole nitrogens is 1. The van der Waals surface area contributed by atoms with E-state index in [1.165, 1.54) is 27.6 Å². The molecular weight excluding hydrogens is 256 g/mol. The zero-order valence-electron chi connectivity index (χ0n) is 12.7. The Morgan fingerprint density at radius 3 is 2.62 bits per heavy atom. The molecule has 108 valence electrons. The van der Waals surface area contributed by atoms with Crippen LogP contribution in [-0.4, -0.2) is 4.98 Å². The third-order valence-corrected chi connectivity index (χ3v) is 4.06. The minimum absolute atomic E-state index is 0.410. The van der Waals surface area contributed by atoms with E-state index in [2.05, 4.69) is 72.7 Å². The van der Waals surface area contributed by atoms with E-state index in [4.69, 9.17) is 0 Å². The Labute approximate surface area is 126 Å². The van der Waals surface area contributed by atoms with Gasteiger partial charge >= 0.3 is 0 Å². The summed E-state index contributed by atoms with van der Waals surface area (Å²) in [6.07, 6.45) is 3.08. The topological polar surface area (TPSA) is 27.8 Å². The number of hydrogen-bond acceptors (Lipinski definition) is 1. The van der Waals surface area contributed by atoms with Crippen molar-refractivity contribution in [1.82, 2.24) is 10.3 Å². The Kier molecular flexibility index (Phi) is 4.07. The molecule has 0 aliphatic carbocycles. The van der Waals surface area contributed by atoms with Crippen LogP contribution in [0, 0.1) is 6.92 Å². The van der Waals surface area contributed by atoms with Gasteiger partial charge in [0, 0.05) is 24.3 Å². The van der Waals surface area contributed by atoms with Crippen molar-refractivity contribution in [3.8, 4) is 0 Å². The first-order chi connectivity index (χ1) is 10.3. The van der Waals surface area contributed by atoms with E-state index in [1.54, 1.807) is 0 Å². The molecule has 0 fully saturated rings. The van der Waals surface area contributed by atoms with Gasteiger partial charge in [0.05, 0.1) is 0 Å². The highest BCUT2D eigenvalue weighted by Gasteiger charge is 2.08. The highest BCUT2D eigenvalue weighted by molar-refractivity contribution is 5.79. The van der Waals surface area contributed by atoms with Crippen molar-refractivity contribution in [2.24, 2.45) is 0 Å². The SMILES string of the molecule is CCC(NCc1ccc2[nH]ccc2c1)c1ccc(C)cc1. The number of benzene rings is 2. The molecule has 0 spiro atoms. The molecule has 3 rings (SSSR count). The van der Waals surface area contributed by atoms with Crippen molar-refractivity contribution < 1.29 is 0 Å². The van der Waals surface area contributed by atoms with Gasteiger partial charge in [-0.05, 0) is 48.1 Å². The molecule has 2 aromatic carbocycles. The molecule has 21 heavy (non-hydrogen) atoms. The lowest BCUT2D eigenvalue weighted by molar-refractivity contribution is 0.519. The van der Waals surface area contributed by atoms with Crippen molar-refractivity contribution in [1.29, 1.82) is 0 Å². The first-order valence-corrected chi connectivity index (χ1v) is 7.62. The number of rotatable bonds is 5. The van der Waals surface area contributed by atoms with E-state index in [0.29, 0.717) is 6.04 Å². The van der Waals surface area contributed by atoms with Crippen molar-refractivity contribution in [2.45, 2.75) is 32.9 Å². The molecule has 2 heteroatoms. The molecular formula is C19H22N2. The van der Waals surface area contributed by atoms with Crippen LogP contribution < -0.4 is 5.32 Å². The molecule has 0 amide bonds. The number of hydrogen-bond donors (Lipinski definition) is 2. The number of aryl methyl sites for hydroxylation is 1. The van der Waals surface area contributed by atoms with Crippen LogP contribution in [0.3, 0.4) is 0 Å². The lowest BCUT2D eigenvalue weighted by atomic mass is 10.0. The Hall–Kier alpha value is -2.06. The summed E-state index contributed by atoms with van der Waals surface area (Å²) < 4.78 is 0. The van der Waals surface area contributed by atoms with Gasteiger partial charge in [0.1, 0.15) is 0 Å². The average Bonchev–Trinajstić information content (AvgIpc) is 2.97. The largest absolute Gasteiger partial charge is 0.361 e. The zero-order chi connectivity index (χ0) is 14.7. The Bertz CT molecular complexity index is 710. The summed E-state index contributed by atoms with van der Waals surface area (Å²) in [5.74, 6) is 0. The van der Waals surface area contributed by atoms with Crippen LogP contribution in [0.1, 0.15) is 36.1 Å². The van der Waals surface area contributed by atoms with Crippen molar-refractivity contribution in [2.75, 3.05) is 0 Å². The summed E-state index contributed by atoms with van der Waals surface area (Å²) in [4.78, 5) is 3.23. The number of aromatic nitrogens is 1. The van der Waals surface area contributed by atoms with E-state index in [1.807, 2.05) is 6.20 Å². The van der Waals surface area contributed by atoms with E-state index >= 15 is 0 Å². The highest BCUT2D eigenvalue weighted by Crippen LogP contribution is 2.19. The average molecular weight is 278 g/mol. The predicted molar refractivity (Wildman–Crippen MR) is 89.3 cm³/mol. The molecule has 0 aliphatic heterocycles. The van der Waals surface area contributed by atoms with Crippen LogP contribution >= 0.6 is 0 Å². The molecule has 1 heterocycles. The van der Waals surface area contributed by atoms with Crippen LogP contribution in [-0.2, 0) is 6.54 Å². The second kappa shape index (κ2) is 6.15. The molecule has 0 radical (unpaired) electrons. The van der Waals surface area contributed by atoms with Gasteiger partial charge in [-0.1, -0.05) is 42.8 Å². The fourth-order valence-electron chi connectivity index (χ4n) is 2.75. The zero-order valence-corrected chi connectivity index (χ0v) is 12.7. The molecule has 2 nitrogen and oxygen atoms in total.